The smallest absolute Gasteiger partial charge is 0.223 e. The second kappa shape index (κ2) is 10.4. The maximum absolute atomic E-state index is 14.7. The SMILES string of the molecule is O=C(NCc1ccccn1)[C@H]1C[C@H]1[C@H](NP(=O)(c1ccccc1)c1ccccc1)c1ccccc1. The van der Waals surface area contributed by atoms with Gasteiger partial charge in [-0.15, -0.1) is 0 Å². The standard InChI is InChI=1S/C29H28N3O2P/c33-29(31-21-23-14-10-11-19-30-23)27-20-26(27)28(22-12-4-1-5-13-22)32-35(34,24-15-6-2-7-16-24)25-17-8-3-9-18-25/h1-19,26-28H,20-21H2,(H,31,33)(H,32,34)/t26-,27+,28-/m1/s1. The van der Waals surface area contributed by atoms with E-state index in [0.29, 0.717) is 6.54 Å². The molecule has 0 bridgehead atoms. The Morgan fingerprint density at radius 2 is 1.40 bits per heavy atom. The Hall–Kier alpha value is -3.53. The van der Waals surface area contributed by atoms with Crippen LogP contribution in [0, 0.1) is 11.8 Å². The summed E-state index contributed by atoms with van der Waals surface area (Å²) in [4.78, 5) is 17.3. The number of hydrogen-bond donors (Lipinski definition) is 2. The first kappa shape index (κ1) is 23.2. The van der Waals surface area contributed by atoms with Crippen LogP contribution in [0.2, 0.25) is 0 Å². The highest BCUT2D eigenvalue weighted by Crippen LogP contribution is 2.52. The van der Waals surface area contributed by atoms with Crippen molar-refractivity contribution < 1.29 is 9.36 Å². The lowest BCUT2D eigenvalue weighted by atomic mass is 10.0. The van der Waals surface area contributed by atoms with Gasteiger partial charge in [-0.25, -0.2) is 0 Å². The molecule has 1 saturated carbocycles. The van der Waals surface area contributed by atoms with E-state index in [0.717, 1.165) is 28.3 Å². The summed E-state index contributed by atoms with van der Waals surface area (Å²) < 4.78 is 14.7. The molecule has 5 rings (SSSR count). The van der Waals surface area contributed by atoms with Crippen molar-refractivity contribution in [3.05, 3.63) is 127 Å². The minimum Gasteiger partial charge on any atom is -0.350 e. The molecular formula is C29H28N3O2P. The number of nitrogens with one attached hydrogen (secondary N) is 2. The van der Waals surface area contributed by atoms with Gasteiger partial charge in [0.05, 0.1) is 12.2 Å². The van der Waals surface area contributed by atoms with Crippen LogP contribution in [0.4, 0.5) is 0 Å². The van der Waals surface area contributed by atoms with Gasteiger partial charge in [-0.3, -0.25) is 19.4 Å². The van der Waals surface area contributed by atoms with Gasteiger partial charge in [0, 0.05) is 28.8 Å². The lowest BCUT2D eigenvalue weighted by Gasteiger charge is -2.28. The zero-order chi connectivity index (χ0) is 24.1. The first-order chi connectivity index (χ1) is 17.1. The zero-order valence-electron chi connectivity index (χ0n) is 19.3. The van der Waals surface area contributed by atoms with E-state index in [1.165, 1.54) is 0 Å². The lowest BCUT2D eigenvalue weighted by Crippen LogP contribution is -2.33. The second-order valence-corrected chi connectivity index (χ2v) is 11.4. The molecule has 1 aromatic heterocycles. The largest absolute Gasteiger partial charge is 0.350 e. The van der Waals surface area contributed by atoms with Crippen LogP contribution in [0.5, 0.6) is 0 Å². The van der Waals surface area contributed by atoms with Crippen molar-refractivity contribution in [3.63, 3.8) is 0 Å². The molecule has 3 atom stereocenters. The van der Waals surface area contributed by atoms with Crippen LogP contribution >= 0.6 is 7.29 Å². The highest BCUT2D eigenvalue weighted by molar-refractivity contribution is 7.76. The summed E-state index contributed by atoms with van der Waals surface area (Å²) in [6.45, 7) is 0.402. The minimum absolute atomic E-state index is 0.0117. The average Bonchev–Trinajstić information content (AvgIpc) is 3.73. The third kappa shape index (κ3) is 5.27. The topological polar surface area (TPSA) is 71.1 Å². The van der Waals surface area contributed by atoms with E-state index in [1.807, 2.05) is 109 Å². The third-order valence-electron chi connectivity index (χ3n) is 6.49. The predicted octanol–water partition coefficient (Wildman–Crippen LogP) is 4.59. The van der Waals surface area contributed by atoms with Crippen molar-refractivity contribution in [3.8, 4) is 0 Å². The van der Waals surface area contributed by atoms with Gasteiger partial charge >= 0.3 is 0 Å². The number of carbonyl (C=O) groups is 1. The maximum atomic E-state index is 14.7. The van der Waals surface area contributed by atoms with Crippen LogP contribution in [0.15, 0.2) is 115 Å². The number of aromatic nitrogens is 1. The summed E-state index contributed by atoms with van der Waals surface area (Å²) in [7, 11) is -3.17. The molecule has 3 aromatic carbocycles. The zero-order valence-corrected chi connectivity index (χ0v) is 20.2. The maximum Gasteiger partial charge on any atom is 0.223 e. The fourth-order valence-corrected chi connectivity index (χ4v) is 7.06. The van der Waals surface area contributed by atoms with Crippen LogP contribution in [0.3, 0.4) is 0 Å². The van der Waals surface area contributed by atoms with E-state index in [1.54, 1.807) is 6.20 Å². The monoisotopic (exact) mass is 481 g/mol. The average molecular weight is 482 g/mol. The van der Waals surface area contributed by atoms with Crippen LogP contribution in [-0.4, -0.2) is 10.9 Å². The van der Waals surface area contributed by atoms with Gasteiger partial charge in [-0.1, -0.05) is 72.8 Å². The lowest BCUT2D eigenvalue weighted by molar-refractivity contribution is -0.122. The Labute approximate surface area is 206 Å². The molecule has 1 heterocycles. The Balaban J connectivity index is 1.42. The number of rotatable bonds is 9. The van der Waals surface area contributed by atoms with Gasteiger partial charge in [0.2, 0.25) is 13.2 Å². The molecule has 0 spiro atoms. The molecule has 5 nitrogen and oxygen atoms in total. The number of pyridine rings is 1. The van der Waals surface area contributed by atoms with E-state index < -0.39 is 7.29 Å². The highest BCUT2D eigenvalue weighted by atomic mass is 31.2. The Bertz CT molecular complexity index is 1260. The van der Waals surface area contributed by atoms with Crippen molar-refractivity contribution in [2.24, 2.45) is 11.8 Å². The molecule has 6 heteroatoms. The van der Waals surface area contributed by atoms with E-state index in [-0.39, 0.29) is 23.8 Å². The third-order valence-corrected chi connectivity index (χ3v) is 9.19. The van der Waals surface area contributed by atoms with Crippen molar-refractivity contribution in [2.45, 2.75) is 19.0 Å². The van der Waals surface area contributed by atoms with Crippen molar-refractivity contribution in [1.29, 1.82) is 0 Å². The van der Waals surface area contributed by atoms with Gasteiger partial charge in [0.25, 0.3) is 0 Å². The molecule has 1 amide bonds. The summed E-state index contributed by atoms with van der Waals surface area (Å²) in [5, 5.41) is 8.10. The number of hydrogen-bond acceptors (Lipinski definition) is 3. The minimum atomic E-state index is -3.17. The number of amides is 1. The molecule has 0 radical (unpaired) electrons. The van der Waals surface area contributed by atoms with Crippen LogP contribution in [-0.2, 0) is 15.9 Å². The van der Waals surface area contributed by atoms with E-state index >= 15 is 0 Å². The fourth-order valence-electron chi connectivity index (χ4n) is 4.54. The van der Waals surface area contributed by atoms with E-state index in [9.17, 15) is 9.36 Å². The molecule has 0 saturated heterocycles. The molecule has 1 aliphatic rings. The fraction of sp³-hybridized carbons (Fsp3) is 0.172. The summed E-state index contributed by atoms with van der Waals surface area (Å²) in [6.07, 6.45) is 2.46. The Kier molecular flexibility index (Phi) is 6.89. The first-order valence-electron chi connectivity index (χ1n) is 11.9. The van der Waals surface area contributed by atoms with Crippen LogP contribution in [0.1, 0.15) is 23.7 Å². The number of carbonyl (C=O) groups excluding carboxylic acids is 1. The molecule has 35 heavy (non-hydrogen) atoms. The van der Waals surface area contributed by atoms with Crippen molar-refractivity contribution >= 4 is 23.8 Å². The van der Waals surface area contributed by atoms with Gasteiger partial charge in [0.1, 0.15) is 0 Å². The molecule has 4 aromatic rings. The van der Waals surface area contributed by atoms with Crippen LogP contribution < -0.4 is 21.0 Å². The van der Waals surface area contributed by atoms with Gasteiger partial charge < -0.3 is 5.32 Å². The quantitative estimate of drug-likeness (QED) is 0.343. The summed E-state index contributed by atoms with van der Waals surface area (Å²) >= 11 is 0. The van der Waals surface area contributed by atoms with Crippen LogP contribution in [0.25, 0.3) is 0 Å². The number of benzene rings is 3. The Morgan fingerprint density at radius 1 is 0.829 bits per heavy atom. The predicted molar refractivity (Wildman–Crippen MR) is 140 cm³/mol. The number of nitrogens with zero attached hydrogens (tertiary/aromatic N) is 1. The molecule has 2 N–H and O–H groups in total. The van der Waals surface area contributed by atoms with Crippen molar-refractivity contribution in [2.75, 3.05) is 0 Å². The normalized spacial score (nSPS) is 17.9. The molecule has 0 unspecified atom stereocenters. The van der Waals surface area contributed by atoms with E-state index in [2.05, 4.69) is 15.4 Å². The Morgan fingerprint density at radius 3 is 1.97 bits per heavy atom. The highest BCUT2D eigenvalue weighted by Gasteiger charge is 2.50. The molecule has 1 aliphatic carbocycles. The molecular weight excluding hydrogens is 453 g/mol. The van der Waals surface area contributed by atoms with Gasteiger partial charge in [-0.05, 0) is 54.3 Å². The first-order valence-corrected chi connectivity index (χ1v) is 13.6. The van der Waals surface area contributed by atoms with E-state index in [4.69, 9.17) is 0 Å². The van der Waals surface area contributed by atoms with Crippen molar-refractivity contribution in [1.82, 2.24) is 15.4 Å². The molecule has 1 fully saturated rings. The summed E-state index contributed by atoms with van der Waals surface area (Å²) in [5.41, 5.74) is 1.86. The second-order valence-electron chi connectivity index (χ2n) is 8.84. The van der Waals surface area contributed by atoms with Gasteiger partial charge in [0.15, 0.2) is 0 Å². The summed E-state index contributed by atoms with van der Waals surface area (Å²) in [5.74, 6) is -0.0871. The van der Waals surface area contributed by atoms with Gasteiger partial charge in [-0.2, -0.15) is 0 Å². The molecule has 176 valence electrons. The summed E-state index contributed by atoms with van der Waals surface area (Å²) in [6, 6.07) is 34.6. The molecule has 0 aliphatic heterocycles.